The van der Waals surface area contributed by atoms with Crippen LogP contribution in [0.5, 0.6) is 0 Å². The quantitative estimate of drug-likeness (QED) is 0.665. The molecular weight excluding hydrogens is 344 g/mol. The van der Waals surface area contributed by atoms with Gasteiger partial charge in [-0.05, 0) is 49.6 Å². The van der Waals surface area contributed by atoms with Gasteiger partial charge in [0.2, 0.25) is 5.91 Å². The summed E-state index contributed by atoms with van der Waals surface area (Å²) in [5.74, 6) is 1.02. The molecule has 5 nitrogen and oxygen atoms in total. The van der Waals surface area contributed by atoms with Crippen molar-refractivity contribution in [2.24, 2.45) is 0 Å². The maximum Gasteiger partial charge on any atom is 0.234 e. The summed E-state index contributed by atoms with van der Waals surface area (Å²) in [5, 5.41) is 12.0. The summed E-state index contributed by atoms with van der Waals surface area (Å²) in [4.78, 5) is 12.3. The molecule has 26 heavy (non-hydrogen) atoms. The van der Waals surface area contributed by atoms with Gasteiger partial charge in [-0.2, -0.15) is 0 Å². The third-order valence-corrected chi connectivity index (χ3v) is 5.06. The second kappa shape index (κ2) is 8.19. The molecule has 3 rings (SSSR count). The Kier molecular flexibility index (Phi) is 5.73. The molecule has 134 valence electrons. The number of nitrogens with zero attached hydrogens (tertiary/aromatic N) is 3. The van der Waals surface area contributed by atoms with Crippen LogP contribution in [0.15, 0.2) is 53.7 Å². The van der Waals surface area contributed by atoms with Crippen molar-refractivity contribution in [1.82, 2.24) is 14.8 Å². The van der Waals surface area contributed by atoms with E-state index in [0.29, 0.717) is 5.16 Å². The molecule has 1 N–H and O–H groups in total. The topological polar surface area (TPSA) is 59.8 Å². The zero-order chi connectivity index (χ0) is 18.5. The number of carbonyl (C=O) groups is 1. The van der Waals surface area contributed by atoms with E-state index >= 15 is 0 Å². The van der Waals surface area contributed by atoms with E-state index in [1.54, 1.807) is 0 Å². The molecular formula is C20H22N4OS. The minimum absolute atomic E-state index is 0.0590. The monoisotopic (exact) mass is 366 g/mol. The molecule has 0 aliphatic carbocycles. The van der Waals surface area contributed by atoms with Crippen molar-refractivity contribution in [3.05, 3.63) is 65.5 Å². The zero-order valence-electron chi connectivity index (χ0n) is 15.2. The van der Waals surface area contributed by atoms with Crippen LogP contribution in [-0.4, -0.2) is 26.4 Å². The van der Waals surface area contributed by atoms with Gasteiger partial charge < -0.3 is 5.32 Å². The van der Waals surface area contributed by atoms with E-state index in [9.17, 15) is 4.79 Å². The van der Waals surface area contributed by atoms with Crippen molar-refractivity contribution < 1.29 is 4.79 Å². The molecule has 0 saturated carbocycles. The largest absolute Gasteiger partial charge is 0.325 e. The van der Waals surface area contributed by atoms with E-state index in [0.717, 1.165) is 29.2 Å². The number of thioether (sulfide) groups is 1. The van der Waals surface area contributed by atoms with Crippen LogP contribution in [0, 0.1) is 13.8 Å². The number of aryl methyl sites for hydroxylation is 3. The molecule has 0 atom stereocenters. The fraction of sp³-hybridized carbons (Fsp3) is 0.250. The van der Waals surface area contributed by atoms with Crippen molar-refractivity contribution in [1.29, 1.82) is 0 Å². The number of anilines is 1. The lowest BCUT2D eigenvalue weighted by Gasteiger charge is -2.11. The zero-order valence-corrected chi connectivity index (χ0v) is 16.0. The smallest absolute Gasteiger partial charge is 0.234 e. The first-order valence-corrected chi connectivity index (χ1v) is 9.56. The van der Waals surface area contributed by atoms with Crippen molar-refractivity contribution in [3.63, 3.8) is 0 Å². The van der Waals surface area contributed by atoms with Crippen molar-refractivity contribution in [3.8, 4) is 5.69 Å². The highest BCUT2D eigenvalue weighted by Gasteiger charge is 2.14. The van der Waals surface area contributed by atoms with Crippen molar-refractivity contribution in [2.45, 2.75) is 32.3 Å². The molecule has 1 aromatic heterocycles. The average molecular weight is 366 g/mol. The molecule has 0 unspecified atom stereocenters. The van der Waals surface area contributed by atoms with Crippen LogP contribution in [0.1, 0.15) is 23.9 Å². The van der Waals surface area contributed by atoms with Crippen LogP contribution in [0.3, 0.4) is 0 Å². The highest BCUT2D eigenvalue weighted by Crippen LogP contribution is 2.24. The number of amides is 1. The van der Waals surface area contributed by atoms with Gasteiger partial charge in [0, 0.05) is 5.69 Å². The second-order valence-corrected chi connectivity index (χ2v) is 6.98. The minimum Gasteiger partial charge on any atom is -0.325 e. The van der Waals surface area contributed by atoms with E-state index in [4.69, 9.17) is 0 Å². The van der Waals surface area contributed by atoms with Crippen LogP contribution in [0.2, 0.25) is 0 Å². The third kappa shape index (κ3) is 4.14. The normalized spacial score (nSPS) is 10.7. The molecule has 0 spiro atoms. The molecule has 6 heteroatoms. The predicted octanol–water partition coefficient (Wildman–Crippen LogP) is 4.18. The fourth-order valence-corrected chi connectivity index (χ4v) is 3.47. The van der Waals surface area contributed by atoms with Crippen LogP contribution in [-0.2, 0) is 11.2 Å². The van der Waals surface area contributed by atoms with Crippen molar-refractivity contribution in [2.75, 3.05) is 11.1 Å². The molecule has 0 aliphatic rings. The molecule has 0 aliphatic heterocycles. The van der Waals surface area contributed by atoms with Gasteiger partial charge in [0.25, 0.3) is 0 Å². The van der Waals surface area contributed by atoms with Gasteiger partial charge in [0.05, 0.1) is 11.4 Å². The number of carbonyl (C=O) groups excluding carboxylic acids is 1. The first-order valence-electron chi connectivity index (χ1n) is 8.58. The molecule has 3 aromatic rings. The van der Waals surface area contributed by atoms with Crippen LogP contribution in [0.4, 0.5) is 5.69 Å². The van der Waals surface area contributed by atoms with Gasteiger partial charge in [0.15, 0.2) is 5.16 Å². The Labute approximate surface area is 157 Å². The Morgan fingerprint density at radius 2 is 1.81 bits per heavy atom. The summed E-state index contributed by atoms with van der Waals surface area (Å²) in [7, 11) is 0. The molecule has 0 saturated heterocycles. The first-order chi connectivity index (χ1) is 12.6. The lowest BCUT2D eigenvalue weighted by molar-refractivity contribution is -0.113. The Morgan fingerprint density at radius 3 is 2.50 bits per heavy atom. The lowest BCUT2D eigenvalue weighted by atomic mass is 10.1. The Bertz CT molecular complexity index is 902. The van der Waals surface area contributed by atoms with E-state index in [1.165, 1.54) is 17.3 Å². The summed E-state index contributed by atoms with van der Waals surface area (Å²) < 4.78 is 1.99. The highest BCUT2D eigenvalue weighted by atomic mass is 32.2. The minimum atomic E-state index is -0.0590. The number of hydrogen-bond acceptors (Lipinski definition) is 4. The van der Waals surface area contributed by atoms with Crippen LogP contribution >= 0.6 is 11.8 Å². The molecule has 1 amide bonds. The van der Waals surface area contributed by atoms with E-state index in [1.807, 2.05) is 54.0 Å². The highest BCUT2D eigenvalue weighted by molar-refractivity contribution is 7.99. The molecule has 0 radical (unpaired) electrons. The molecule has 0 bridgehead atoms. The SMILES string of the molecule is CCc1ccc(NC(=O)CSc2nnc(C)n2-c2ccccc2C)cc1. The van der Waals surface area contributed by atoms with Gasteiger partial charge in [-0.25, -0.2) is 0 Å². The van der Waals surface area contributed by atoms with E-state index in [2.05, 4.69) is 35.4 Å². The summed E-state index contributed by atoms with van der Waals surface area (Å²) >= 11 is 1.38. The van der Waals surface area contributed by atoms with E-state index < -0.39 is 0 Å². The summed E-state index contributed by atoms with van der Waals surface area (Å²) in [6.07, 6.45) is 0.984. The molecule has 0 fully saturated rings. The van der Waals surface area contributed by atoms with Gasteiger partial charge in [-0.1, -0.05) is 49.0 Å². The Hall–Kier alpha value is -2.60. The number of rotatable bonds is 6. The summed E-state index contributed by atoms with van der Waals surface area (Å²) in [6, 6.07) is 16.0. The maximum absolute atomic E-state index is 12.3. The summed E-state index contributed by atoms with van der Waals surface area (Å²) in [6.45, 7) is 6.07. The maximum atomic E-state index is 12.3. The number of nitrogens with one attached hydrogen (secondary N) is 1. The van der Waals surface area contributed by atoms with Gasteiger partial charge in [-0.3, -0.25) is 9.36 Å². The Morgan fingerprint density at radius 1 is 1.08 bits per heavy atom. The van der Waals surface area contributed by atoms with Gasteiger partial charge in [0.1, 0.15) is 5.82 Å². The third-order valence-electron chi connectivity index (χ3n) is 4.13. The van der Waals surface area contributed by atoms with Crippen LogP contribution in [0.25, 0.3) is 5.69 Å². The Balaban J connectivity index is 1.68. The molecule has 2 aromatic carbocycles. The van der Waals surface area contributed by atoms with Crippen molar-refractivity contribution >= 4 is 23.4 Å². The average Bonchev–Trinajstić information content (AvgIpc) is 3.01. The number of benzene rings is 2. The van der Waals surface area contributed by atoms with Gasteiger partial charge in [-0.15, -0.1) is 10.2 Å². The predicted molar refractivity (Wildman–Crippen MR) is 106 cm³/mol. The van der Waals surface area contributed by atoms with Crippen LogP contribution < -0.4 is 5.32 Å². The lowest BCUT2D eigenvalue weighted by Crippen LogP contribution is -2.14. The fourth-order valence-electron chi connectivity index (χ4n) is 2.68. The van der Waals surface area contributed by atoms with Gasteiger partial charge >= 0.3 is 0 Å². The first kappa shape index (κ1) is 18.2. The standard InChI is InChI=1S/C20H22N4OS/c1-4-16-9-11-17(12-10-16)21-19(25)13-26-20-23-22-15(3)24(20)18-8-6-5-7-14(18)2/h5-12H,4,13H2,1-3H3,(H,21,25). The number of hydrogen-bond donors (Lipinski definition) is 1. The van der Waals surface area contributed by atoms with E-state index in [-0.39, 0.29) is 11.7 Å². The molecule has 1 heterocycles. The summed E-state index contributed by atoms with van der Waals surface area (Å²) in [5.41, 5.74) is 4.23. The second-order valence-electron chi connectivity index (χ2n) is 6.04. The number of para-hydroxylation sites is 1. The number of aromatic nitrogens is 3.